The third kappa shape index (κ3) is 4.76. The fourth-order valence-electron chi connectivity index (χ4n) is 3.37. The maximum absolute atomic E-state index is 12.6. The molecule has 27 heavy (non-hydrogen) atoms. The third-order valence-corrected chi connectivity index (χ3v) is 4.73. The maximum Gasteiger partial charge on any atom is 0.256 e. The molecule has 2 heterocycles. The molecule has 3 aromatic rings. The Hall–Kier alpha value is -2.63. The summed E-state index contributed by atoms with van der Waals surface area (Å²) in [5.74, 6) is 1.08. The van der Waals surface area contributed by atoms with Crippen LogP contribution in [0.2, 0.25) is 0 Å². The zero-order chi connectivity index (χ0) is 17.8. The van der Waals surface area contributed by atoms with E-state index in [1.807, 2.05) is 54.7 Å². The summed E-state index contributed by atoms with van der Waals surface area (Å²) in [6.07, 6.45) is 4.05. The van der Waals surface area contributed by atoms with Gasteiger partial charge in [-0.2, -0.15) is 5.10 Å². The molecule has 1 aliphatic heterocycles. The average molecular weight is 383 g/mol. The van der Waals surface area contributed by atoms with Crippen molar-refractivity contribution in [2.75, 3.05) is 18.4 Å². The first-order valence-electron chi connectivity index (χ1n) is 9.00. The average Bonchev–Trinajstić information content (AvgIpc) is 3.35. The minimum Gasteiger partial charge on any atom is -0.316 e. The van der Waals surface area contributed by atoms with E-state index in [0.717, 1.165) is 25.2 Å². The Balaban J connectivity index is 0.00000210. The number of benzene rings is 2. The molecule has 4 rings (SSSR count). The predicted octanol–water partition coefficient (Wildman–Crippen LogP) is 3.70. The Morgan fingerprint density at radius 3 is 2.78 bits per heavy atom. The van der Waals surface area contributed by atoms with Gasteiger partial charge in [-0.15, -0.1) is 12.4 Å². The molecule has 1 amide bonds. The van der Waals surface area contributed by atoms with Crippen molar-refractivity contribution in [2.24, 2.45) is 5.92 Å². The highest BCUT2D eigenvalue weighted by molar-refractivity contribution is 6.03. The Labute approximate surface area is 165 Å². The number of nitrogens with one attached hydrogen (secondary N) is 2. The van der Waals surface area contributed by atoms with E-state index < -0.39 is 0 Å². The van der Waals surface area contributed by atoms with Gasteiger partial charge in [0.25, 0.3) is 5.91 Å². The van der Waals surface area contributed by atoms with Crippen molar-refractivity contribution in [3.05, 3.63) is 78.0 Å². The van der Waals surface area contributed by atoms with Gasteiger partial charge in [-0.25, -0.2) is 4.68 Å². The van der Waals surface area contributed by atoms with E-state index in [0.29, 0.717) is 17.3 Å². The van der Waals surface area contributed by atoms with Crippen LogP contribution in [0.15, 0.2) is 66.9 Å². The van der Waals surface area contributed by atoms with Crippen molar-refractivity contribution in [3.8, 4) is 5.69 Å². The number of carbonyl (C=O) groups excluding carboxylic acids is 1. The maximum atomic E-state index is 12.6. The van der Waals surface area contributed by atoms with Crippen LogP contribution in [0.4, 0.5) is 5.82 Å². The van der Waals surface area contributed by atoms with E-state index in [-0.39, 0.29) is 18.3 Å². The summed E-state index contributed by atoms with van der Waals surface area (Å²) in [6, 6.07) is 19.5. The van der Waals surface area contributed by atoms with E-state index >= 15 is 0 Å². The first-order chi connectivity index (χ1) is 12.8. The van der Waals surface area contributed by atoms with Crippen LogP contribution in [-0.4, -0.2) is 28.8 Å². The highest BCUT2D eigenvalue weighted by Gasteiger charge is 2.16. The van der Waals surface area contributed by atoms with E-state index in [1.54, 1.807) is 10.7 Å². The van der Waals surface area contributed by atoms with Crippen LogP contribution in [0, 0.1) is 5.92 Å². The fraction of sp³-hybridized carbons (Fsp3) is 0.238. The molecule has 0 spiro atoms. The second kappa shape index (κ2) is 8.84. The van der Waals surface area contributed by atoms with Gasteiger partial charge in [-0.1, -0.05) is 30.3 Å². The Kier molecular flexibility index (Phi) is 6.27. The summed E-state index contributed by atoms with van der Waals surface area (Å²) >= 11 is 0. The first kappa shape index (κ1) is 19.1. The lowest BCUT2D eigenvalue weighted by Crippen LogP contribution is -2.14. The molecule has 2 aromatic carbocycles. The van der Waals surface area contributed by atoms with Gasteiger partial charge in [-0.3, -0.25) is 4.79 Å². The molecule has 0 saturated carbocycles. The summed E-state index contributed by atoms with van der Waals surface area (Å²) in [6.45, 7) is 2.16. The van der Waals surface area contributed by atoms with Gasteiger partial charge in [0.1, 0.15) is 0 Å². The van der Waals surface area contributed by atoms with Crippen molar-refractivity contribution in [1.29, 1.82) is 0 Å². The Morgan fingerprint density at radius 2 is 2.00 bits per heavy atom. The number of hydrogen-bond acceptors (Lipinski definition) is 3. The number of amides is 1. The minimum atomic E-state index is -0.130. The summed E-state index contributed by atoms with van der Waals surface area (Å²) in [4.78, 5) is 12.6. The number of para-hydroxylation sites is 1. The normalized spacial score (nSPS) is 15.9. The molecule has 1 unspecified atom stereocenters. The number of halogens is 1. The highest BCUT2D eigenvalue weighted by atomic mass is 35.5. The molecule has 1 atom stereocenters. The number of carbonyl (C=O) groups is 1. The van der Waals surface area contributed by atoms with Gasteiger partial charge in [0.15, 0.2) is 5.82 Å². The van der Waals surface area contributed by atoms with Crippen LogP contribution in [-0.2, 0) is 6.42 Å². The third-order valence-electron chi connectivity index (χ3n) is 4.73. The lowest BCUT2D eigenvalue weighted by Gasteiger charge is -2.09. The summed E-state index contributed by atoms with van der Waals surface area (Å²) < 4.78 is 1.75. The topological polar surface area (TPSA) is 59.0 Å². The van der Waals surface area contributed by atoms with Crippen molar-refractivity contribution in [2.45, 2.75) is 12.8 Å². The zero-order valence-corrected chi connectivity index (χ0v) is 15.8. The SMILES string of the molecule is Cl.O=C(Nc1ccn(-c2ccccc2)n1)c1cccc(CC2CCNC2)c1. The van der Waals surface area contributed by atoms with E-state index in [1.165, 1.54) is 12.0 Å². The molecule has 1 aliphatic rings. The molecule has 2 N–H and O–H groups in total. The van der Waals surface area contributed by atoms with Crippen molar-refractivity contribution in [3.63, 3.8) is 0 Å². The Bertz CT molecular complexity index is 888. The molecular weight excluding hydrogens is 360 g/mol. The number of rotatable bonds is 5. The molecule has 1 fully saturated rings. The lowest BCUT2D eigenvalue weighted by molar-refractivity contribution is 0.102. The predicted molar refractivity (Wildman–Crippen MR) is 110 cm³/mol. The van der Waals surface area contributed by atoms with E-state index in [9.17, 15) is 4.79 Å². The highest BCUT2D eigenvalue weighted by Crippen LogP contribution is 2.17. The number of anilines is 1. The van der Waals surface area contributed by atoms with Crippen LogP contribution in [0.25, 0.3) is 5.69 Å². The molecule has 140 valence electrons. The van der Waals surface area contributed by atoms with Crippen molar-refractivity contribution >= 4 is 24.1 Å². The molecular formula is C21H23ClN4O. The molecule has 0 radical (unpaired) electrons. The van der Waals surface area contributed by atoms with Gasteiger partial charge in [0.05, 0.1) is 5.69 Å². The molecule has 1 aromatic heterocycles. The second-order valence-corrected chi connectivity index (χ2v) is 6.70. The standard InChI is InChI=1S/C21H22N4O.ClH/c26-21(18-6-4-5-16(14-18)13-17-9-11-22-15-17)23-20-10-12-25(24-20)19-7-2-1-3-8-19;/h1-8,10,12,14,17,22H,9,11,13,15H2,(H,23,24,26);1H. The molecule has 0 aliphatic carbocycles. The largest absolute Gasteiger partial charge is 0.316 e. The van der Waals surface area contributed by atoms with Gasteiger partial charge in [0, 0.05) is 17.8 Å². The quantitative estimate of drug-likeness (QED) is 0.707. The van der Waals surface area contributed by atoms with Gasteiger partial charge in [-0.05, 0) is 61.7 Å². The van der Waals surface area contributed by atoms with Gasteiger partial charge >= 0.3 is 0 Å². The van der Waals surface area contributed by atoms with Crippen molar-refractivity contribution < 1.29 is 4.79 Å². The van der Waals surface area contributed by atoms with Crippen LogP contribution in [0.3, 0.4) is 0 Å². The number of hydrogen-bond donors (Lipinski definition) is 2. The first-order valence-corrected chi connectivity index (χ1v) is 9.00. The van der Waals surface area contributed by atoms with Crippen LogP contribution in [0.5, 0.6) is 0 Å². The summed E-state index contributed by atoms with van der Waals surface area (Å²) in [7, 11) is 0. The summed E-state index contributed by atoms with van der Waals surface area (Å²) in [5.41, 5.74) is 2.84. The van der Waals surface area contributed by atoms with Crippen LogP contribution < -0.4 is 10.6 Å². The van der Waals surface area contributed by atoms with Gasteiger partial charge in [0.2, 0.25) is 0 Å². The fourth-order valence-corrected chi connectivity index (χ4v) is 3.37. The molecule has 1 saturated heterocycles. The monoisotopic (exact) mass is 382 g/mol. The van der Waals surface area contributed by atoms with E-state index in [4.69, 9.17) is 0 Å². The number of aromatic nitrogens is 2. The molecule has 0 bridgehead atoms. The minimum absolute atomic E-state index is 0. The second-order valence-electron chi connectivity index (χ2n) is 6.70. The van der Waals surface area contributed by atoms with E-state index in [2.05, 4.69) is 21.8 Å². The summed E-state index contributed by atoms with van der Waals surface area (Å²) in [5, 5.41) is 10.7. The molecule has 6 heteroatoms. The van der Waals surface area contributed by atoms with Crippen LogP contribution >= 0.6 is 12.4 Å². The van der Waals surface area contributed by atoms with Crippen LogP contribution in [0.1, 0.15) is 22.3 Å². The smallest absolute Gasteiger partial charge is 0.256 e. The van der Waals surface area contributed by atoms with Crippen molar-refractivity contribution in [1.82, 2.24) is 15.1 Å². The number of nitrogens with zero attached hydrogens (tertiary/aromatic N) is 2. The van der Waals surface area contributed by atoms with Gasteiger partial charge < -0.3 is 10.6 Å². The molecule has 5 nitrogen and oxygen atoms in total. The Morgan fingerprint density at radius 1 is 1.15 bits per heavy atom. The zero-order valence-electron chi connectivity index (χ0n) is 15.0. The lowest BCUT2D eigenvalue weighted by atomic mass is 9.97.